The number of benzene rings is 1. The van der Waals surface area contributed by atoms with E-state index in [1.54, 1.807) is 0 Å². The van der Waals surface area contributed by atoms with Crippen LogP contribution in [0.3, 0.4) is 0 Å². The van der Waals surface area contributed by atoms with Gasteiger partial charge in [0.15, 0.2) is 0 Å². The van der Waals surface area contributed by atoms with Gasteiger partial charge in [0.25, 0.3) is 0 Å². The van der Waals surface area contributed by atoms with Crippen LogP contribution < -0.4 is 0 Å². The molecule has 0 radical (unpaired) electrons. The average molecular weight is 188 g/mol. The van der Waals surface area contributed by atoms with E-state index in [1.165, 1.54) is 17.6 Å². The molecule has 1 aromatic carbocycles. The third kappa shape index (κ3) is 1.88. The number of allylic oxidation sites excluding steroid dienone is 2. The summed E-state index contributed by atoms with van der Waals surface area (Å²) in [5.41, 5.74) is 2.75. The van der Waals surface area contributed by atoms with E-state index in [2.05, 4.69) is 30.3 Å². The van der Waals surface area contributed by atoms with Crippen LogP contribution in [0.25, 0.3) is 5.57 Å². The fraction of sp³-hybridized carbons (Fsp3) is 0.385. The second kappa shape index (κ2) is 4.43. The van der Waals surface area contributed by atoms with Crippen molar-refractivity contribution < 1.29 is 5.11 Å². The summed E-state index contributed by atoms with van der Waals surface area (Å²) in [4.78, 5) is 0. The van der Waals surface area contributed by atoms with Gasteiger partial charge in [-0.1, -0.05) is 36.4 Å². The molecule has 0 fully saturated rings. The summed E-state index contributed by atoms with van der Waals surface area (Å²) >= 11 is 0. The van der Waals surface area contributed by atoms with Crippen LogP contribution in [0.15, 0.2) is 36.4 Å². The second-order valence-corrected chi connectivity index (χ2v) is 3.81. The predicted octanol–water partition coefficient (Wildman–Crippen LogP) is 2.86. The molecule has 14 heavy (non-hydrogen) atoms. The second-order valence-electron chi connectivity index (χ2n) is 3.81. The molecule has 0 unspecified atom stereocenters. The van der Waals surface area contributed by atoms with E-state index in [4.69, 9.17) is 5.11 Å². The fourth-order valence-electron chi connectivity index (χ4n) is 2.20. The zero-order valence-corrected chi connectivity index (χ0v) is 8.32. The number of aliphatic hydroxyl groups excluding tert-OH is 1. The van der Waals surface area contributed by atoms with Crippen LogP contribution >= 0.6 is 0 Å². The lowest BCUT2D eigenvalue weighted by atomic mass is 9.93. The lowest BCUT2D eigenvalue weighted by Gasteiger charge is -2.13. The van der Waals surface area contributed by atoms with Crippen molar-refractivity contribution in [3.8, 4) is 0 Å². The van der Waals surface area contributed by atoms with Gasteiger partial charge in [0, 0.05) is 6.61 Å². The predicted molar refractivity (Wildman–Crippen MR) is 58.8 cm³/mol. The molecule has 1 aliphatic carbocycles. The Hall–Kier alpha value is -1.08. The van der Waals surface area contributed by atoms with Crippen molar-refractivity contribution in [3.63, 3.8) is 0 Å². The number of hydrogen-bond donors (Lipinski definition) is 1. The third-order valence-corrected chi connectivity index (χ3v) is 2.90. The quantitative estimate of drug-likeness (QED) is 0.773. The molecule has 0 bridgehead atoms. The Labute approximate surface area is 85.1 Å². The summed E-state index contributed by atoms with van der Waals surface area (Å²) in [6.07, 6.45) is 5.58. The third-order valence-electron chi connectivity index (χ3n) is 2.90. The number of rotatable bonds is 3. The van der Waals surface area contributed by atoms with Gasteiger partial charge in [-0.25, -0.2) is 0 Å². The molecule has 1 N–H and O–H groups in total. The monoisotopic (exact) mass is 188 g/mol. The van der Waals surface area contributed by atoms with E-state index in [-0.39, 0.29) is 0 Å². The molecule has 74 valence electrons. The van der Waals surface area contributed by atoms with Gasteiger partial charge in [-0.15, -0.1) is 0 Å². The van der Waals surface area contributed by atoms with E-state index in [0.717, 1.165) is 12.8 Å². The summed E-state index contributed by atoms with van der Waals surface area (Å²) in [5.74, 6) is 0.572. The minimum absolute atomic E-state index is 0.300. The van der Waals surface area contributed by atoms with E-state index in [1.807, 2.05) is 6.07 Å². The molecule has 0 saturated carbocycles. The van der Waals surface area contributed by atoms with Crippen LogP contribution in [0.4, 0.5) is 0 Å². The Morgan fingerprint density at radius 1 is 1.21 bits per heavy atom. The first kappa shape index (κ1) is 9.47. The highest BCUT2D eigenvalue weighted by atomic mass is 16.3. The number of aliphatic hydroxyl groups is 1. The number of hydrogen-bond acceptors (Lipinski definition) is 1. The summed E-state index contributed by atoms with van der Waals surface area (Å²) in [5, 5.41) is 8.96. The van der Waals surface area contributed by atoms with Crippen molar-refractivity contribution in [1.82, 2.24) is 0 Å². The van der Waals surface area contributed by atoms with Crippen molar-refractivity contribution in [3.05, 3.63) is 42.0 Å². The van der Waals surface area contributed by atoms with Crippen molar-refractivity contribution in [1.29, 1.82) is 0 Å². The van der Waals surface area contributed by atoms with Crippen LogP contribution in [0.1, 0.15) is 24.8 Å². The first-order valence-corrected chi connectivity index (χ1v) is 5.28. The maximum atomic E-state index is 8.96. The molecule has 0 amide bonds. The molecule has 1 aliphatic rings. The molecular formula is C13H16O. The molecule has 0 aliphatic heterocycles. The average Bonchev–Trinajstić information content (AvgIpc) is 2.68. The highest BCUT2D eigenvalue weighted by molar-refractivity contribution is 5.69. The molecular weight excluding hydrogens is 172 g/mol. The van der Waals surface area contributed by atoms with Gasteiger partial charge in [0.2, 0.25) is 0 Å². The first-order valence-electron chi connectivity index (χ1n) is 5.28. The Morgan fingerprint density at radius 3 is 2.71 bits per heavy atom. The minimum atomic E-state index is 0.300. The van der Waals surface area contributed by atoms with Gasteiger partial charge in [-0.2, -0.15) is 0 Å². The van der Waals surface area contributed by atoms with Crippen LogP contribution in [0.5, 0.6) is 0 Å². The summed E-state index contributed by atoms with van der Waals surface area (Å²) in [7, 11) is 0. The Balaban J connectivity index is 2.18. The molecule has 1 atom stereocenters. The highest BCUT2D eigenvalue weighted by Gasteiger charge is 2.19. The highest BCUT2D eigenvalue weighted by Crippen LogP contribution is 2.35. The van der Waals surface area contributed by atoms with E-state index < -0.39 is 0 Å². The van der Waals surface area contributed by atoms with Gasteiger partial charge in [0.1, 0.15) is 0 Å². The Bertz CT molecular complexity index is 313. The lowest BCUT2D eigenvalue weighted by molar-refractivity contribution is 0.271. The molecule has 1 aromatic rings. The van der Waals surface area contributed by atoms with Gasteiger partial charge in [0.05, 0.1) is 0 Å². The maximum absolute atomic E-state index is 8.96. The van der Waals surface area contributed by atoms with Gasteiger partial charge >= 0.3 is 0 Å². The van der Waals surface area contributed by atoms with E-state index >= 15 is 0 Å². The van der Waals surface area contributed by atoms with Gasteiger partial charge < -0.3 is 5.11 Å². The zero-order valence-electron chi connectivity index (χ0n) is 8.32. The topological polar surface area (TPSA) is 20.2 Å². The van der Waals surface area contributed by atoms with Crippen molar-refractivity contribution >= 4 is 5.57 Å². The lowest BCUT2D eigenvalue weighted by Crippen LogP contribution is -2.01. The molecule has 1 heteroatoms. The van der Waals surface area contributed by atoms with Crippen molar-refractivity contribution in [2.75, 3.05) is 6.61 Å². The smallest absolute Gasteiger partial charge is 0.0436 e. The fourth-order valence-corrected chi connectivity index (χ4v) is 2.20. The Kier molecular flexibility index (Phi) is 3.00. The minimum Gasteiger partial charge on any atom is -0.396 e. The standard InChI is InChI=1S/C13H16O/c14-10-9-12-7-4-8-13(12)11-5-2-1-3-6-11/h1-3,5-6,8,12,14H,4,7,9-10H2/t12-/m0/s1. The molecule has 2 rings (SSSR count). The van der Waals surface area contributed by atoms with Crippen LogP contribution in [0, 0.1) is 5.92 Å². The van der Waals surface area contributed by atoms with Crippen LogP contribution in [-0.4, -0.2) is 11.7 Å². The normalized spacial score (nSPS) is 20.9. The largest absolute Gasteiger partial charge is 0.396 e. The van der Waals surface area contributed by atoms with E-state index in [9.17, 15) is 0 Å². The van der Waals surface area contributed by atoms with E-state index in [0.29, 0.717) is 12.5 Å². The summed E-state index contributed by atoms with van der Waals surface area (Å²) in [6.45, 7) is 0.300. The van der Waals surface area contributed by atoms with Crippen molar-refractivity contribution in [2.24, 2.45) is 5.92 Å². The molecule has 0 spiro atoms. The van der Waals surface area contributed by atoms with Crippen LogP contribution in [0.2, 0.25) is 0 Å². The molecule has 0 aromatic heterocycles. The van der Waals surface area contributed by atoms with Crippen LogP contribution in [-0.2, 0) is 0 Å². The molecule has 0 heterocycles. The Morgan fingerprint density at radius 2 is 2.00 bits per heavy atom. The maximum Gasteiger partial charge on any atom is 0.0436 e. The van der Waals surface area contributed by atoms with Gasteiger partial charge in [-0.3, -0.25) is 0 Å². The van der Waals surface area contributed by atoms with Gasteiger partial charge in [-0.05, 0) is 36.3 Å². The van der Waals surface area contributed by atoms with Crippen molar-refractivity contribution in [2.45, 2.75) is 19.3 Å². The zero-order chi connectivity index (χ0) is 9.80. The SMILES string of the molecule is OCC[C@@H]1CCC=C1c1ccccc1. The summed E-state index contributed by atoms with van der Waals surface area (Å²) in [6, 6.07) is 10.5. The first-order chi connectivity index (χ1) is 6.92. The molecule has 0 saturated heterocycles. The summed E-state index contributed by atoms with van der Waals surface area (Å²) < 4.78 is 0. The molecule has 1 nitrogen and oxygen atoms in total.